The van der Waals surface area contributed by atoms with Crippen molar-refractivity contribution in [3.63, 3.8) is 0 Å². The first-order valence-electron chi connectivity index (χ1n) is 5.69. The van der Waals surface area contributed by atoms with E-state index in [4.69, 9.17) is 5.73 Å². The average molecular weight is 280 g/mol. The first-order chi connectivity index (χ1) is 8.81. The summed E-state index contributed by atoms with van der Waals surface area (Å²) in [6.07, 6.45) is 1.46. The Bertz CT molecular complexity index is 680. The SMILES string of the molecule is Cc1cccc(N)c1NS(=O)(=O)c1cn(C)c(C)n1. The number of rotatable bonds is 3. The highest BCUT2D eigenvalue weighted by Gasteiger charge is 2.20. The van der Waals surface area contributed by atoms with Gasteiger partial charge in [0, 0.05) is 13.2 Å². The van der Waals surface area contributed by atoms with E-state index in [2.05, 4.69) is 9.71 Å². The molecule has 1 aromatic heterocycles. The zero-order valence-electron chi connectivity index (χ0n) is 11.0. The van der Waals surface area contributed by atoms with Crippen LogP contribution < -0.4 is 10.5 Å². The highest BCUT2D eigenvalue weighted by atomic mass is 32.2. The van der Waals surface area contributed by atoms with E-state index in [-0.39, 0.29) is 5.03 Å². The normalized spacial score (nSPS) is 11.5. The lowest BCUT2D eigenvalue weighted by Gasteiger charge is -2.11. The Kier molecular flexibility index (Phi) is 3.23. The number of benzene rings is 1. The van der Waals surface area contributed by atoms with E-state index in [1.54, 1.807) is 43.7 Å². The number of nitrogens with zero attached hydrogens (tertiary/aromatic N) is 2. The lowest BCUT2D eigenvalue weighted by molar-refractivity contribution is 0.598. The second kappa shape index (κ2) is 4.58. The summed E-state index contributed by atoms with van der Waals surface area (Å²) in [5.41, 5.74) is 7.33. The number of anilines is 2. The number of aromatic nitrogens is 2. The summed E-state index contributed by atoms with van der Waals surface area (Å²) < 4.78 is 28.6. The molecule has 1 aromatic carbocycles. The van der Waals surface area contributed by atoms with Gasteiger partial charge in [0.05, 0.1) is 11.4 Å². The molecule has 6 nitrogen and oxygen atoms in total. The number of aryl methyl sites for hydroxylation is 3. The maximum absolute atomic E-state index is 12.2. The Hall–Kier alpha value is -2.02. The van der Waals surface area contributed by atoms with Crippen molar-refractivity contribution in [3.8, 4) is 0 Å². The van der Waals surface area contributed by atoms with Crippen molar-refractivity contribution >= 4 is 21.4 Å². The maximum Gasteiger partial charge on any atom is 0.281 e. The van der Waals surface area contributed by atoms with Crippen molar-refractivity contribution in [1.82, 2.24) is 9.55 Å². The summed E-state index contributed by atoms with van der Waals surface area (Å²) in [7, 11) is -1.98. The predicted molar refractivity (Wildman–Crippen MR) is 74.3 cm³/mol. The lowest BCUT2D eigenvalue weighted by Crippen LogP contribution is -2.15. The number of para-hydroxylation sites is 1. The zero-order chi connectivity index (χ0) is 14.2. The van der Waals surface area contributed by atoms with Crippen LogP contribution in [-0.2, 0) is 17.1 Å². The number of imidazole rings is 1. The molecule has 0 aliphatic rings. The van der Waals surface area contributed by atoms with Crippen LogP contribution in [0.5, 0.6) is 0 Å². The Labute approximate surface area is 112 Å². The average Bonchev–Trinajstić information content (AvgIpc) is 2.66. The van der Waals surface area contributed by atoms with Gasteiger partial charge in [-0.25, -0.2) is 4.98 Å². The third-order valence-electron chi connectivity index (χ3n) is 2.90. The Morgan fingerprint density at radius 3 is 2.53 bits per heavy atom. The quantitative estimate of drug-likeness (QED) is 0.832. The number of nitrogens with one attached hydrogen (secondary N) is 1. The minimum Gasteiger partial charge on any atom is -0.397 e. The summed E-state index contributed by atoms with van der Waals surface area (Å²) >= 11 is 0. The van der Waals surface area contributed by atoms with Crippen molar-refractivity contribution in [2.45, 2.75) is 18.9 Å². The smallest absolute Gasteiger partial charge is 0.281 e. The van der Waals surface area contributed by atoms with E-state index in [0.29, 0.717) is 17.2 Å². The van der Waals surface area contributed by atoms with Crippen LogP contribution in [0.4, 0.5) is 11.4 Å². The lowest BCUT2D eigenvalue weighted by atomic mass is 10.2. The molecule has 0 fully saturated rings. The van der Waals surface area contributed by atoms with E-state index in [1.165, 1.54) is 6.20 Å². The first kappa shape index (κ1) is 13.4. The molecule has 0 spiro atoms. The van der Waals surface area contributed by atoms with Crippen LogP contribution in [0.3, 0.4) is 0 Å². The molecule has 2 rings (SSSR count). The van der Waals surface area contributed by atoms with Crippen molar-refractivity contribution in [3.05, 3.63) is 35.8 Å². The monoisotopic (exact) mass is 280 g/mol. The predicted octanol–water partition coefficient (Wildman–Crippen LogP) is 1.42. The van der Waals surface area contributed by atoms with Crippen molar-refractivity contribution < 1.29 is 8.42 Å². The van der Waals surface area contributed by atoms with Gasteiger partial charge in [-0.05, 0) is 25.5 Å². The van der Waals surface area contributed by atoms with Crippen LogP contribution in [-0.4, -0.2) is 18.0 Å². The van der Waals surface area contributed by atoms with Crippen molar-refractivity contribution in [2.24, 2.45) is 7.05 Å². The van der Waals surface area contributed by atoms with Crippen molar-refractivity contribution in [2.75, 3.05) is 10.5 Å². The fourth-order valence-corrected chi connectivity index (χ4v) is 2.87. The van der Waals surface area contributed by atoms with E-state index in [0.717, 1.165) is 5.56 Å². The van der Waals surface area contributed by atoms with E-state index in [1.807, 2.05) is 0 Å². The molecule has 102 valence electrons. The molecule has 0 radical (unpaired) electrons. The molecular weight excluding hydrogens is 264 g/mol. The molecule has 0 atom stereocenters. The molecular formula is C12H16N4O2S. The van der Waals surface area contributed by atoms with E-state index >= 15 is 0 Å². The molecule has 0 saturated heterocycles. The number of hydrogen-bond donors (Lipinski definition) is 2. The maximum atomic E-state index is 12.2. The largest absolute Gasteiger partial charge is 0.397 e. The molecule has 2 aromatic rings. The van der Waals surface area contributed by atoms with Crippen LogP contribution in [0.2, 0.25) is 0 Å². The second-order valence-corrected chi connectivity index (χ2v) is 6.01. The summed E-state index contributed by atoms with van der Waals surface area (Å²) in [4.78, 5) is 4.01. The third-order valence-corrected chi connectivity index (χ3v) is 4.12. The van der Waals surface area contributed by atoms with Crippen LogP contribution in [0, 0.1) is 13.8 Å². The van der Waals surface area contributed by atoms with Gasteiger partial charge < -0.3 is 10.3 Å². The number of nitrogen functional groups attached to an aromatic ring is 1. The van der Waals surface area contributed by atoms with Crippen LogP contribution in [0.25, 0.3) is 0 Å². The summed E-state index contributed by atoms with van der Waals surface area (Å²) in [6.45, 7) is 3.53. The highest BCUT2D eigenvalue weighted by Crippen LogP contribution is 2.25. The van der Waals surface area contributed by atoms with Gasteiger partial charge in [-0.3, -0.25) is 4.72 Å². The van der Waals surface area contributed by atoms with Gasteiger partial charge in [0.2, 0.25) is 0 Å². The summed E-state index contributed by atoms with van der Waals surface area (Å²) in [6, 6.07) is 5.21. The first-order valence-corrected chi connectivity index (χ1v) is 7.17. The topological polar surface area (TPSA) is 90.0 Å². The molecule has 0 bridgehead atoms. The van der Waals surface area contributed by atoms with Gasteiger partial charge in [0.25, 0.3) is 10.0 Å². The zero-order valence-corrected chi connectivity index (χ0v) is 11.8. The van der Waals surface area contributed by atoms with Gasteiger partial charge in [0.1, 0.15) is 5.82 Å². The van der Waals surface area contributed by atoms with E-state index < -0.39 is 10.0 Å². The molecule has 0 saturated carbocycles. The number of nitrogens with two attached hydrogens (primary N) is 1. The minimum absolute atomic E-state index is 0.0184. The Morgan fingerprint density at radius 1 is 1.32 bits per heavy atom. The minimum atomic E-state index is -3.72. The van der Waals surface area contributed by atoms with Gasteiger partial charge in [-0.15, -0.1) is 0 Å². The van der Waals surface area contributed by atoms with E-state index in [9.17, 15) is 8.42 Å². The highest BCUT2D eigenvalue weighted by molar-refractivity contribution is 7.92. The fraction of sp³-hybridized carbons (Fsp3) is 0.250. The standard InChI is InChI=1S/C12H16N4O2S/c1-8-5-4-6-10(13)12(8)15-19(17,18)11-7-16(3)9(2)14-11/h4-7,15H,13H2,1-3H3. The Balaban J connectivity index is 2.42. The van der Waals surface area contributed by atoms with Gasteiger partial charge in [0.15, 0.2) is 5.03 Å². The molecule has 3 N–H and O–H groups in total. The molecule has 0 aliphatic heterocycles. The molecule has 0 unspecified atom stereocenters. The molecule has 7 heteroatoms. The van der Waals surface area contributed by atoms with Crippen LogP contribution >= 0.6 is 0 Å². The number of hydrogen-bond acceptors (Lipinski definition) is 4. The fourth-order valence-electron chi connectivity index (χ4n) is 1.67. The molecule has 1 heterocycles. The summed E-state index contributed by atoms with van der Waals surface area (Å²) in [5, 5.41) is -0.0184. The van der Waals surface area contributed by atoms with Crippen molar-refractivity contribution in [1.29, 1.82) is 0 Å². The Morgan fingerprint density at radius 2 is 2.00 bits per heavy atom. The second-order valence-electron chi connectivity index (χ2n) is 4.38. The van der Waals surface area contributed by atoms with Crippen LogP contribution in [0.1, 0.15) is 11.4 Å². The van der Waals surface area contributed by atoms with Gasteiger partial charge in [-0.1, -0.05) is 12.1 Å². The van der Waals surface area contributed by atoms with Crippen LogP contribution in [0.15, 0.2) is 29.4 Å². The summed E-state index contributed by atoms with van der Waals surface area (Å²) in [5.74, 6) is 0.623. The molecule has 19 heavy (non-hydrogen) atoms. The molecule has 0 aliphatic carbocycles. The number of sulfonamides is 1. The van der Waals surface area contributed by atoms with Gasteiger partial charge in [-0.2, -0.15) is 8.42 Å². The third kappa shape index (κ3) is 2.55. The molecule has 0 amide bonds. The van der Waals surface area contributed by atoms with Gasteiger partial charge >= 0.3 is 0 Å².